The van der Waals surface area contributed by atoms with Gasteiger partial charge < -0.3 is 5.32 Å². The van der Waals surface area contributed by atoms with Crippen molar-refractivity contribution in [3.05, 3.63) is 82.2 Å². The van der Waals surface area contributed by atoms with Crippen LogP contribution in [0.25, 0.3) is 0 Å². The molecular formula is C27H33N3O2. The summed E-state index contributed by atoms with van der Waals surface area (Å²) < 4.78 is 1.48. The summed E-state index contributed by atoms with van der Waals surface area (Å²) in [6, 6.07) is 14.6. The van der Waals surface area contributed by atoms with Crippen molar-refractivity contribution in [3.8, 4) is 0 Å². The zero-order chi connectivity index (χ0) is 23.6. The fourth-order valence-corrected chi connectivity index (χ4v) is 3.72. The lowest BCUT2D eigenvalue weighted by atomic mass is 9.87. The van der Waals surface area contributed by atoms with Crippen LogP contribution in [0.4, 0.5) is 5.69 Å². The van der Waals surface area contributed by atoms with Gasteiger partial charge in [-0.1, -0.05) is 46.8 Å². The molecule has 0 unspecified atom stereocenters. The normalized spacial score (nSPS) is 11.6. The van der Waals surface area contributed by atoms with Crippen LogP contribution in [0.15, 0.2) is 48.5 Å². The second-order valence-corrected chi connectivity index (χ2v) is 9.82. The van der Waals surface area contributed by atoms with Crippen LogP contribution >= 0.6 is 0 Å². The van der Waals surface area contributed by atoms with E-state index in [-0.39, 0.29) is 17.2 Å². The smallest absolute Gasteiger partial charge is 0.278 e. The second kappa shape index (κ2) is 9.11. The number of nitrogens with one attached hydrogen (secondary N) is 1. The van der Waals surface area contributed by atoms with E-state index in [1.54, 1.807) is 24.3 Å². The minimum absolute atomic E-state index is 0.0401. The van der Waals surface area contributed by atoms with E-state index in [9.17, 15) is 9.59 Å². The van der Waals surface area contributed by atoms with Crippen LogP contribution < -0.4 is 5.32 Å². The molecule has 1 aromatic heterocycles. The molecule has 1 heterocycles. The summed E-state index contributed by atoms with van der Waals surface area (Å²) in [4.78, 5) is 25.6. The molecule has 0 saturated carbocycles. The Labute approximate surface area is 190 Å². The van der Waals surface area contributed by atoms with Crippen molar-refractivity contribution in [3.63, 3.8) is 0 Å². The Hall–Kier alpha value is -3.21. The van der Waals surface area contributed by atoms with Crippen LogP contribution in [0.3, 0.4) is 0 Å². The average Bonchev–Trinajstić information content (AvgIpc) is 3.01. The number of carbonyl (C=O) groups is 2. The van der Waals surface area contributed by atoms with Gasteiger partial charge in [0.25, 0.3) is 11.8 Å². The number of benzene rings is 2. The molecule has 0 aliphatic rings. The van der Waals surface area contributed by atoms with Crippen molar-refractivity contribution in [1.82, 2.24) is 9.78 Å². The second-order valence-electron chi connectivity index (χ2n) is 9.82. The summed E-state index contributed by atoms with van der Waals surface area (Å²) in [5.74, 6) is 0.144. The highest BCUT2D eigenvalue weighted by Gasteiger charge is 2.19. The molecule has 3 rings (SSSR count). The Morgan fingerprint density at radius 3 is 2.03 bits per heavy atom. The Balaban J connectivity index is 1.72. The van der Waals surface area contributed by atoms with Crippen LogP contribution in [-0.2, 0) is 11.8 Å². The Morgan fingerprint density at radius 1 is 0.938 bits per heavy atom. The third kappa shape index (κ3) is 5.16. The lowest BCUT2D eigenvalue weighted by Gasteiger charge is -2.19. The van der Waals surface area contributed by atoms with Crippen molar-refractivity contribution in [1.29, 1.82) is 0 Å². The highest BCUT2D eigenvalue weighted by atomic mass is 16.2. The van der Waals surface area contributed by atoms with E-state index in [0.29, 0.717) is 22.7 Å². The van der Waals surface area contributed by atoms with Gasteiger partial charge in [0.15, 0.2) is 0 Å². The molecule has 2 aromatic carbocycles. The number of carbonyl (C=O) groups excluding carboxylic acids is 2. The number of nitrogens with zero attached hydrogens (tertiary/aromatic N) is 2. The van der Waals surface area contributed by atoms with Gasteiger partial charge in [-0.25, -0.2) is 4.68 Å². The first-order valence-corrected chi connectivity index (χ1v) is 11.1. The summed E-state index contributed by atoms with van der Waals surface area (Å²) in [5.41, 5.74) is 5.90. The SMILES string of the molecule is Cc1nn(C(=O)c2ccc(NC(=O)c3ccc(C(C)(C)C)cc3)cc2)c(C)c1CC(C)C. The van der Waals surface area contributed by atoms with Crippen molar-refractivity contribution in [2.45, 2.75) is 60.3 Å². The molecule has 1 N–H and O–H groups in total. The first kappa shape index (κ1) is 23.5. The summed E-state index contributed by atoms with van der Waals surface area (Å²) in [7, 11) is 0. The first-order chi connectivity index (χ1) is 15.0. The zero-order valence-electron chi connectivity index (χ0n) is 20.1. The van der Waals surface area contributed by atoms with Crippen molar-refractivity contribution in [2.24, 2.45) is 5.92 Å². The van der Waals surface area contributed by atoms with Gasteiger partial charge >= 0.3 is 0 Å². The average molecular weight is 432 g/mol. The monoisotopic (exact) mass is 431 g/mol. The van der Waals surface area contributed by atoms with E-state index in [4.69, 9.17) is 0 Å². The fraction of sp³-hybridized carbons (Fsp3) is 0.370. The summed E-state index contributed by atoms with van der Waals surface area (Å²) in [6.07, 6.45) is 0.895. The first-order valence-electron chi connectivity index (χ1n) is 11.1. The fourth-order valence-electron chi connectivity index (χ4n) is 3.72. The number of rotatable bonds is 5. The van der Waals surface area contributed by atoms with E-state index in [0.717, 1.165) is 23.4 Å². The maximum absolute atomic E-state index is 13.0. The van der Waals surface area contributed by atoms with Crippen molar-refractivity contribution >= 4 is 17.5 Å². The maximum Gasteiger partial charge on any atom is 0.278 e. The molecule has 5 heteroatoms. The molecule has 0 aliphatic carbocycles. The lowest BCUT2D eigenvalue weighted by Crippen LogP contribution is -2.16. The minimum atomic E-state index is -0.179. The van der Waals surface area contributed by atoms with Crippen molar-refractivity contribution in [2.75, 3.05) is 5.32 Å². The van der Waals surface area contributed by atoms with Gasteiger partial charge in [0.2, 0.25) is 0 Å². The standard InChI is InChI=1S/C27H33N3O2/c1-17(2)16-24-18(3)29-30(19(24)4)26(32)21-10-14-23(15-11-21)28-25(31)20-8-12-22(13-9-20)27(5,6)7/h8-15,17H,16H2,1-7H3,(H,28,31). The van der Waals surface area contributed by atoms with Crippen molar-refractivity contribution < 1.29 is 9.59 Å². The van der Waals surface area contributed by atoms with Crippen LogP contribution in [0.5, 0.6) is 0 Å². The molecule has 0 spiro atoms. The molecule has 0 saturated heterocycles. The topological polar surface area (TPSA) is 64.0 Å². The number of aromatic nitrogens is 2. The van der Waals surface area contributed by atoms with Crippen LogP contribution in [-0.4, -0.2) is 21.6 Å². The van der Waals surface area contributed by atoms with Gasteiger partial charge in [0, 0.05) is 22.5 Å². The molecule has 5 nitrogen and oxygen atoms in total. The third-order valence-corrected chi connectivity index (χ3v) is 5.65. The van der Waals surface area contributed by atoms with E-state index >= 15 is 0 Å². The Morgan fingerprint density at radius 2 is 1.50 bits per heavy atom. The zero-order valence-corrected chi connectivity index (χ0v) is 20.1. The van der Waals surface area contributed by atoms with E-state index < -0.39 is 0 Å². The van der Waals surface area contributed by atoms with Gasteiger partial charge in [-0.05, 0) is 79.1 Å². The van der Waals surface area contributed by atoms with Gasteiger partial charge in [-0.15, -0.1) is 0 Å². The molecule has 32 heavy (non-hydrogen) atoms. The summed E-state index contributed by atoms with van der Waals surface area (Å²) in [5, 5.41) is 7.37. The largest absolute Gasteiger partial charge is 0.322 e. The number of hydrogen-bond donors (Lipinski definition) is 1. The molecule has 0 aliphatic heterocycles. The lowest BCUT2D eigenvalue weighted by molar-refractivity contribution is 0.0941. The van der Waals surface area contributed by atoms with Crippen LogP contribution in [0.2, 0.25) is 0 Å². The molecule has 1 amide bonds. The molecule has 3 aromatic rings. The Bertz CT molecular complexity index is 1120. The van der Waals surface area contributed by atoms with Gasteiger partial charge in [-0.2, -0.15) is 5.10 Å². The molecule has 0 fully saturated rings. The number of anilines is 1. The Kier molecular flexibility index (Phi) is 6.68. The number of amides is 1. The predicted octanol–water partition coefficient (Wildman–Crippen LogP) is 5.94. The summed E-state index contributed by atoms with van der Waals surface area (Å²) >= 11 is 0. The number of aryl methyl sites for hydroxylation is 1. The van der Waals surface area contributed by atoms with E-state index in [1.807, 2.05) is 38.1 Å². The molecule has 168 valence electrons. The molecule has 0 atom stereocenters. The molecule has 0 radical (unpaired) electrons. The van der Waals surface area contributed by atoms with Crippen LogP contribution in [0.1, 0.15) is 77.8 Å². The predicted molar refractivity (Wildman–Crippen MR) is 130 cm³/mol. The van der Waals surface area contributed by atoms with Gasteiger partial charge in [0.1, 0.15) is 0 Å². The van der Waals surface area contributed by atoms with Gasteiger partial charge in [-0.3, -0.25) is 9.59 Å². The minimum Gasteiger partial charge on any atom is -0.322 e. The third-order valence-electron chi connectivity index (χ3n) is 5.65. The summed E-state index contributed by atoms with van der Waals surface area (Å²) in [6.45, 7) is 14.6. The van der Waals surface area contributed by atoms with Crippen LogP contribution in [0, 0.1) is 19.8 Å². The maximum atomic E-state index is 13.0. The highest BCUT2D eigenvalue weighted by molar-refractivity contribution is 6.04. The molecule has 0 bridgehead atoms. The molecular weight excluding hydrogens is 398 g/mol. The van der Waals surface area contributed by atoms with E-state index in [1.165, 1.54) is 10.2 Å². The van der Waals surface area contributed by atoms with Gasteiger partial charge in [0.05, 0.1) is 5.69 Å². The van der Waals surface area contributed by atoms with E-state index in [2.05, 4.69) is 45.0 Å². The number of hydrogen-bond acceptors (Lipinski definition) is 3. The highest BCUT2D eigenvalue weighted by Crippen LogP contribution is 2.23. The quantitative estimate of drug-likeness (QED) is 0.544.